The van der Waals surface area contributed by atoms with E-state index in [1.807, 2.05) is 48.5 Å². The van der Waals surface area contributed by atoms with Crippen LogP contribution in [0.25, 0.3) is 11.1 Å². The summed E-state index contributed by atoms with van der Waals surface area (Å²) in [6.45, 7) is 5.66. The number of benzene rings is 3. The first-order chi connectivity index (χ1) is 20.0. The number of alkyl carbamates (subject to hydrolysis) is 2. The zero-order valence-electron chi connectivity index (χ0n) is 23.8. The lowest BCUT2D eigenvalue weighted by Crippen LogP contribution is -2.43. The van der Waals surface area contributed by atoms with Gasteiger partial charge >= 0.3 is 18.2 Å². The quantitative estimate of drug-likeness (QED) is 0.262. The van der Waals surface area contributed by atoms with Crippen molar-refractivity contribution in [3.05, 3.63) is 95.1 Å². The maximum atomic E-state index is 12.7. The van der Waals surface area contributed by atoms with Crippen molar-refractivity contribution in [3.8, 4) is 11.1 Å². The highest BCUT2D eigenvalue weighted by Crippen LogP contribution is 2.44. The van der Waals surface area contributed by atoms with Crippen LogP contribution < -0.4 is 16.0 Å². The van der Waals surface area contributed by atoms with E-state index in [0.717, 1.165) is 22.3 Å². The van der Waals surface area contributed by atoms with Gasteiger partial charge < -0.3 is 30.5 Å². The number of rotatable bonds is 10. The van der Waals surface area contributed by atoms with Crippen LogP contribution in [0.2, 0.25) is 0 Å². The molecule has 3 aromatic carbocycles. The number of nitrogens with one attached hydrogen (secondary N) is 3. The molecule has 0 saturated carbocycles. The highest BCUT2D eigenvalue weighted by molar-refractivity contribution is 5.94. The van der Waals surface area contributed by atoms with Crippen molar-refractivity contribution in [1.29, 1.82) is 0 Å². The van der Waals surface area contributed by atoms with Crippen LogP contribution in [0, 0.1) is 0 Å². The average Bonchev–Trinajstić information content (AvgIpc) is 3.26. The van der Waals surface area contributed by atoms with Gasteiger partial charge in [-0.15, -0.1) is 0 Å². The molecule has 42 heavy (non-hydrogen) atoms. The number of aliphatic carboxylic acids is 1. The number of ether oxygens (including phenoxy) is 2. The monoisotopic (exact) mass is 573 g/mol. The van der Waals surface area contributed by atoms with E-state index in [4.69, 9.17) is 9.47 Å². The molecule has 3 amide bonds. The van der Waals surface area contributed by atoms with Crippen molar-refractivity contribution in [3.63, 3.8) is 0 Å². The topological polar surface area (TPSA) is 143 Å². The average molecular weight is 574 g/mol. The summed E-state index contributed by atoms with van der Waals surface area (Å²) in [5.74, 6) is -1.77. The second-order valence-electron chi connectivity index (χ2n) is 10.9. The van der Waals surface area contributed by atoms with Crippen LogP contribution in [-0.4, -0.2) is 60.5 Å². The molecule has 0 aromatic heterocycles. The van der Waals surface area contributed by atoms with Crippen molar-refractivity contribution >= 4 is 24.1 Å². The highest BCUT2D eigenvalue weighted by atomic mass is 16.6. The smallest absolute Gasteiger partial charge is 0.407 e. The molecule has 3 aromatic rings. The number of carboxylic acids is 1. The Morgan fingerprint density at radius 1 is 0.833 bits per heavy atom. The zero-order chi connectivity index (χ0) is 30.3. The van der Waals surface area contributed by atoms with Gasteiger partial charge in [-0.2, -0.15) is 0 Å². The maximum absolute atomic E-state index is 12.7. The Morgan fingerprint density at radius 3 is 2.07 bits per heavy atom. The Labute approximate surface area is 244 Å². The predicted octanol–water partition coefficient (Wildman–Crippen LogP) is 4.48. The van der Waals surface area contributed by atoms with Crippen LogP contribution in [0.15, 0.2) is 72.8 Å². The Bertz CT molecular complexity index is 1420. The van der Waals surface area contributed by atoms with Crippen LogP contribution in [0.4, 0.5) is 9.59 Å². The fourth-order valence-electron chi connectivity index (χ4n) is 4.81. The van der Waals surface area contributed by atoms with Gasteiger partial charge in [-0.3, -0.25) is 4.79 Å². The van der Waals surface area contributed by atoms with Crippen LogP contribution in [0.3, 0.4) is 0 Å². The fourth-order valence-corrected chi connectivity index (χ4v) is 4.81. The van der Waals surface area contributed by atoms with Gasteiger partial charge in [0.25, 0.3) is 5.91 Å². The summed E-state index contributed by atoms with van der Waals surface area (Å²) in [7, 11) is 0. The molecular weight excluding hydrogens is 538 g/mol. The molecule has 1 aliphatic rings. The molecule has 10 nitrogen and oxygen atoms in total. The van der Waals surface area contributed by atoms with E-state index in [0.29, 0.717) is 11.1 Å². The Morgan fingerprint density at radius 2 is 1.45 bits per heavy atom. The second kappa shape index (κ2) is 13.2. The van der Waals surface area contributed by atoms with Crippen molar-refractivity contribution in [2.45, 2.75) is 44.8 Å². The number of carbonyl (C=O) groups is 4. The minimum Gasteiger partial charge on any atom is -0.480 e. The van der Waals surface area contributed by atoms with Crippen molar-refractivity contribution < 1.29 is 33.8 Å². The lowest BCUT2D eigenvalue weighted by atomic mass is 9.98. The molecule has 10 heteroatoms. The Balaban J connectivity index is 1.30. The molecule has 0 saturated heterocycles. The summed E-state index contributed by atoms with van der Waals surface area (Å²) in [4.78, 5) is 49.0. The molecule has 0 aliphatic heterocycles. The standard InChI is InChI=1S/C32H35N3O7/c1-32(2,3)42-30(39)34-16-15-33-28(36)21-10-8-9-20(17-21)18-27(29(37)38)35-31(40)41-19-26-24-13-6-4-11-22(24)23-12-5-7-14-25(23)26/h4-14,17,26-27H,15-16,18-19H2,1-3H3,(H,33,36)(H,34,39)(H,35,40)(H,37,38). The van der Waals surface area contributed by atoms with Gasteiger partial charge in [0.15, 0.2) is 0 Å². The molecule has 220 valence electrons. The summed E-state index contributed by atoms with van der Waals surface area (Å²) >= 11 is 0. The number of carboxylic acid groups (broad SMARTS) is 1. The Kier molecular flexibility index (Phi) is 9.46. The first-order valence-electron chi connectivity index (χ1n) is 13.7. The van der Waals surface area contributed by atoms with E-state index < -0.39 is 29.8 Å². The molecule has 0 fully saturated rings. The minimum absolute atomic E-state index is 0.0547. The van der Waals surface area contributed by atoms with Crippen LogP contribution in [0.1, 0.15) is 53.7 Å². The molecule has 0 bridgehead atoms. The van der Waals surface area contributed by atoms with Gasteiger partial charge in [0.05, 0.1) is 0 Å². The third kappa shape index (κ3) is 7.87. The van der Waals surface area contributed by atoms with E-state index in [1.165, 1.54) is 0 Å². The maximum Gasteiger partial charge on any atom is 0.407 e. The van der Waals surface area contributed by atoms with Gasteiger partial charge in [-0.25, -0.2) is 14.4 Å². The van der Waals surface area contributed by atoms with Crippen molar-refractivity contribution in [2.24, 2.45) is 0 Å². The van der Waals surface area contributed by atoms with Gasteiger partial charge in [0.2, 0.25) is 0 Å². The van der Waals surface area contributed by atoms with E-state index in [2.05, 4.69) is 16.0 Å². The molecular formula is C32H35N3O7. The van der Waals surface area contributed by atoms with Gasteiger partial charge in [-0.05, 0) is 60.7 Å². The molecule has 1 unspecified atom stereocenters. The highest BCUT2D eigenvalue weighted by Gasteiger charge is 2.30. The third-order valence-electron chi connectivity index (χ3n) is 6.64. The van der Waals surface area contributed by atoms with Gasteiger partial charge in [0, 0.05) is 31.0 Å². The van der Waals surface area contributed by atoms with Crippen LogP contribution >= 0.6 is 0 Å². The number of fused-ring (bicyclic) bond motifs is 3. The summed E-state index contributed by atoms with van der Waals surface area (Å²) in [6.07, 6.45) is -1.47. The molecule has 4 N–H and O–H groups in total. The molecule has 4 rings (SSSR count). The van der Waals surface area contributed by atoms with Gasteiger partial charge in [0.1, 0.15) is 18.2 Å². The second-order valence-corrected chi connectivity index (χ2v) is 10.9. The van der Waals surface area contributed by atoms with Crippen molar-refractivity contribution in [1.82, 2.24) is 16.0 Å². The number of carbonyl (C=O) groups excluding carboxylic acids is 3. The normalized spacial score (nSPS) is 12.8. The lowest BCUT2D eigenvalue weighted by molar-refractivity contribution is -0.139. The SMILES string of the molecule is CC(C)(C)OC(=O)NCCNC(=O)c1cccc(CC(NC(=O)OCC2c3ccccc3-c3ccccc32)C(=O)O)c1. The first kappa shape index (κ1) is 30.1. The molecule has 0 spiro atoms. The number of amides is 3. The molecule has 0 heterocycles. The third-order valence-corrected chi connectivity index (χ3v) is 6.64. The van der Waals surface area contributed by atoms with Crippen LogP contribution in [0.5, 0.6) is 0 Å². The predicted molar refractivity (Wildman–Crippen MR) is 156 cm³/mol. The number of hydrogen-bond donors (Lipinski definition) is 4. The molecule has 1 aliphatic carbocycles. The zero-order valence-corrected chi connectivity index (χ0v) is 23.8. The fraction of sp³-hybridized carbons (Fsp3) is 0.312. The van der Waals surface area contributed by atoms with E-state index in [1.54, 1.807) is 45.0 Å². The largest absolute Gasteiger partial charge is 0.480 e. The van der Waals surface area contributed by atoms with Crippen molar-refractivity contribution in [2.75, 3.05) is 19.7 Å². The summed E-state index contributed by atoms with van der Waals surface area (Å²) < 4.78 is 10.7. The summed E-state index contributed by atoms with van der Waals surface area (Å²) in [5, 5.41) is 17.5. The van der Waals surface area contributed by atoms with Gasteiger partial charge in [-0.1, -0.05) is 60.7 Å². The lowest BCUT2D eigenvalue weighted by Gasteiger charge is -2.19. The summed E-state index contributed by atoms with van der Waals surface area (Å²) in [6, 6.07) is 21.1. The van der Waals surface area contributed by atoms with Crippen LogP contribution in [-0.2, 0) is 20.7 Å². The van der Waals surface area contributed by atoms with E-state index in [9.17, 15) is 24.3 Å². The number of hydrogen-bond acceptors (Lipinski definition) is 6. The minimum atomic E-state index is -1.27. The molecule has 0 radical (unpaired) electrons. The van der Waals surface area contributed by atoms with E-state index >= 15 is 0 Å². The summed E-state index contributed by atoms with van der Waals surface area (Å²) in [5.41, 5.74) is 4.52. The van der Waals surface area contributed by atoms with E-state index in [-0.39, 0.29) is 37.9 Å². The first-order valence-corrected chi connectivity index (χ1v) is 13.7. The Hall–Kier alpha value is -4.86. The molecule has 1 atom stereocenters.